The molecule has 0 saturated carbocycles. The van der Waals surface area contributed by atoms with Gasteiger partial charge in [0.05, 0.1) is 13.2 Å². The molecule has 1 aliphatic heterocycles. The molecule has 0 unspecified atom stereocenters. The Kier molecular flexibility index (Phi) is 16.0. The van der Waals surface area contributed by atoms with Gasteiger partial charge in [0.25, 0.3) is 0 Å². The van der Waals surface area contributed by atoms with E-state index in [1.165, 1.54) is 5.70 Å². The van der Waals surface area contributed by atoms with Crippen LogP contribution >= 0.6 is 0 Å². The summed E-state index contributed by atoms with van der Waals surface area (Å²) in [4.78, 5) is 15.0. The molecule has 1 heterocycles. The maximum absolute atomic E-state index is 11.0. The lowest BCUT2D eigenvalue weighted by molar-refractivity contribution is -0.120. The minimum absolute atomic E-state index is 0.0340. The quantitative estimate of drug-likeness (QED) is 0.278. The SMILES string of the molecule is C#C.C=C(OCC1=CC=C(NCCOC)CC=C1)c1ccccc1.CCC(=O)NC1=CC=CC=NC1. The zero-order valence-electron chi connectivity index (χ0n) is 21.3. The normalized spacial score (nSPS) is 13.6. The summed E-state index contributed by atoms with van der Waals surface area (Å²) in [7, 11) is 1.71. The second-order valence-corrected chi connectivity index (χ2v) is 7.51. The zero-order chi connectivity index (χ0) is 26.4. The van der Waals surface area contributed by atoms with E-state index in [2.05, 4.69) is 59.4 Å². The third kappa shape index (κ3) is 13.0. The topological polar surface area (TPSA) is 72.0 Å². The Morgan fingerprint density at radius 2 is 1.89 bits per heavy atom. The van der Waals surface area contributed by atoms with Gasteiger partial charge < -0.3 is 20.1 Å². The Morgan fingerprint density at radius 3 is 2.61 bits per heavy atom. The van der Waals surface area contributed by atoms with Crippen molar-refractivity contribution in [3.63, 3.8) is 0 Å². The first kappa shape index (κ1) is 30.0. The molecule has 2 aliphatic rings. The summed E-state index contributed by atoms with van der Waals surface area (Å²) in [6.45, 7) is 8.41. The average molecular weight is 488 g/mol. The second-order valence-electron chi connectivity index (χ2n) is 7.51. The van der Waals surface area contributed by atoms with Gasteiger partial charge in [-0.1, -0.05) is 68.1 Å². The van der Waals surface area contributed by atoms with E-state index in [-0.39, 0.29) is 5.91 Å². The van der Waals surface area contributed by atoms with Gasteiger partial charge in [0, 0.05) is 49.7 Å². The molecule has 3 rings (SSSR count). The van der Waals surface area contributed by atoms with Crippen LogP contribution in [0.4, 0.5) is 0 Å². The predicted octanol–water partition coefficient (Wildman–Crippen LogP) is 4.97. The molecule has 0 aromatic heterocycles. The fraction of sp³-hybridized carbons (Fsp3) is 0.267. The van der Waals surface area contributed by atoms with E-state index in [1.807, 2.05) is 55.5 Å². The summed E-state index contributed by atoms with van der Waals surface area (Å²) in [5, 5.41) is 6.12. The number of benzene rings is 1. The Hall–Kier alpha value is -4.08. The molecule has 190 valence electrons. The summed E-state index contributed by atoms with van der Waals surface area (Å²) in [5.74, 6) is 0.730. The van der Waals surface area contributed by atoms with Crippen molar-refractivity contribution >= 4 is 17.9 Å². The molecule has 2 N–H and O–H groups in total. The van der Waals surface area contributed by atoms with Crippen LogP contribution in [0.5, 0.6) is 0 Å². The Balaban J connectivity index is 0.000000391. The molecule has 0 bridgehead atoms. The van der Waals surface area contributed by atoms with Crippen LogP contribution in [0.1, 0.15) is 25.3 Å². The molecule has 36 heavy (non-hydrogen) atoms. The summed E-state index contributed by atoms with van der Waals surface area (Å²) in [6, 6.07) is 9.94. The number of ether oxygens (including phenoxy) is 2. The number of aliphatic imine (C=N–C) groups is 1. The average Bonchev–Trinajstić information content (AvgIpc) is 3.32. The van der Waals surface area contributed by atoms with Crippen molar-refractivity contribution in [3.05, 3.63) is 102 Å². The third-order valence-corrected chi connectivity index (χ3v) is 4.82. The van der Waals surface area contributed by atoms with E-state index in [9.17, 15) is 4.79 Å². The molecule has 1 aromatic rings. The molecule has 6 nitrogen and oxygen atoms in total. The maximum Gasteiger partial charge on any atom is 0.223 e. The van der Waals surface area contributed by atoms with Gasteiger partial charge in [-0.15, -0.1) is 12.8 Å². The van der Waals surface area contributed by atoms with E-state index in [1.54, 1.807) is 13.3 Å². The highest BCUT2D eigenvalue weighted by Gasteiger charge is 2.03. The lowest BCUT2D eigenvalue weighted by atomic mass is 10.2. The number of carbonyl (C=O) groups is 1. The molecule has 1 amide bonds. The van der Waals surface area contributed by atoms with Crippen LogP contribution in [0, 0.1) is 12.8 Å². The molecule has 0 radical (unpaired) electrons. The van der Waals surface area contributed by atoms with Crippen molar-refractivity contribution in [2.24, 2.45) is 4.99 Å². The molecular weight excluding hydrogens is 450 g/mol. The number of methoxy groups -OCH3 is 1. The van der Waals surface area contributed by atoms with Crippen molar-refractivity contribution < 1.29 is 14.3 Å². The lowest BCUT2D eigenvalue weighted by Crippen LogP contribution is -2.22. The Bertz CT molecular complexity index is 1010. The molecule has 1 aromatic carbocycles. The standard InChI is InChI=1S/C19H23NO2.C9H12N2O.C2H2/c1-16(18-8-4-3-5-9-18)22-15-17-7-6-10-19(12-11-17)20-13-14-21-2;1-2-9(12)11-8-5-3-4-6-10-7-8;1-2/h3-9,11-12,20H,1,10,13-15H2,2H3;3-6H,2,7H2,1H3,(H,11,12);1-2H. The number of rotatable bonds is 10. The number of hydrogen-bond acceptors (Lipinski definition) is 5. The van der Waals surface area contributed by atoms with Crippen LogP contribution in [0.3, 0.4) is 0 Å². The van der Waals surface area contributed by atoms with Crippen molar-refractivity contribution in [2.45, 2.75) is 19.8 Å². The number of hydrogen-bond donors (Lipinski definition) is 2. The molecule has 0 saturated heterocycles. The van der Waals surface area contributed by atoms with E-state index >= 15 is 0 Å². The van der Waals surface area contributed by atoms with Gasteiger partial charge in [-0.05, 0) is 23.8 Å². The number of allylic oxidation sites excluding steroid dienone is 6. The van der Waals surface area contributed by atoms with Crippen LogP contribution in [-0.2, 0) is 14.3 Å². The first-order chi connectivity index (χ1) is 17.6. The summed E-state index contributed by atoms with van der Waals surface area (Å²) in [5.41, 5.74) is 4.18. The van der Waals surface area contributed by atoms with Gasteiger partial charge in [0.15, 0.2) is 0 Å². The largest absolute Gasteiger partial charge is 0.489 e. The summed E-state index contributed by atoms with van der Waals surface area (Å²) in [6.07, 6.45) is 25.1. The summed E-state index contributed by atoms with van der Waals surface area (Å²) >= 11 is 0. The number of terminal acetylenes is 1. The van der Waals surface area contributed by atoms with Crippen molar-refractivity contribution in [1.29, 1.82) is 0 Å². The molecule has 0 spiro atoms. The smallest absolute Gasteiger partial charge is 0.223 e. The predicted molar refractivity (Wildman–Crippen MR) is 150 cm³/mol. The molecular formula is C30H37N3O3. The van der Waals surface area contributed by atoms with E-state index in [0.29, 0.717) is 31.9 Å². The minimum atomic E-state index is 0.0340. The zero-order valence-corrected chi connectivity index (χ0v) is 21.3. The molecule has 6 heteroatoms. The highest BCUT2D eigenvalue weighted by Crippen LogP contribution is 2.16. The lowest BCUT2D eigenvalue weighted by Gasteiger charge is -2.09. The number of nitrogens with zero attached hydrogens (tertiary/aromatic N) is 1. The highest BCUT2D eigenvalue weighted by atomic mass is 16.5. The van der Waals surface area contributed by atoms with Crippen LogP contribution in [0.15, 0.2) is 101 Å². The van der Waals surface area contributed by atoms with Gasteiger partial charge >= 0.3 is 0 Å². The minimum Gasteiger partial charge on any atom is -0.489 e. The number of nitrogens with one attached hydrogen (secondary N) is 2. The first-order valence-corrected chi connectivity index (χ1v) is 11.8. The first-order valence-electron chi connectivity index (χ1n) is 11.8. The van der Waals surface area contributed by atoms with E-state index in [0.717, 1.165) is 29.8 Å². The van der Waals surface area contributed by atoms with E-state index in [4.69, 9.17) is 9.47 Å². The van der Waals surface area contributed by atoms with Gasteiger partial charge in [-0.25, -0.2) is 0 Å². The Labute approximate surface area is 215 Å². The van der Waals surface area contributed by atoms with Crippen molar-refractivity contribution in [3.8, 4) is 12.8 Å². The van der Waals surface area contributed by atoms with Gasteiger partial charge in [-0.3, -0.25) is 9.79 Å². The number of carbonyl (C=O) groups excluding carboxylic acids is 1. The molecule has 0 atom stereocenters. The molecule has 1 aliphatic carbocycles. The van der Waals surface area contributed by atoms with Gasteiger partial charge in [0.2, 0.25) is 5.91 Å². The second kappa shape index (κ2) is 19.2. The van der Waals surface area contributed by atoms with Crippen LogP contribution in [0.25, 0.3) is 5.76 Å². The fourth-order valence-electron chi connectivity index (χ4n) is 2.92. The maximum atomic E-state index is 11.0. The third-order valence-electron chi connectivity index (χ3n) is 4.82. The summed E-state index contributed by atoms with van der Waals surface area (Å²) < 4.78 is 10.8. The van der Waals surface area contributed by atoms with E-state index < -0.39 is 0 Å². The van der Waals surface area contributed by atoms with Crippen molar-refractivity contribution in [2.75, 3.05) is 33.4 Å². The van der Waals surface area contributed by atoms with Crippen LogP contribution < -0.4 is 10.6 Å². The van der Waals surface area contributed by atoms with Crippen molar-refractivity contribution in [1.82, 2.24) is 10.6 Å². The monoisotopic (exact) mass is 487 g/mol. The number of amides is 1. The Morgan fingerprint density at radius 1 is 1.11 bits per heavy atom. The van der Waals surface area contributed by atoms with Crippen LogP contribution in [0.2, 0.25) is 0 Å². The van der Waals surface area contributed by atoms with Crippen LogP contribution in [-0.4, -0.2) is 45.5 Å². The fourth-order valence-corrected chi connectivity index (χ4v) is 2.92. The van der Waals surface area contributed by atoms with Gasteiger partial charge in [0.1, 0.15) is 12.4 Å². The molecule has 0 fully saturated rings. The highest BCUT2D eigenvalue weighted by molar-refractivity contribution is 5.78. The van der Waals surface area contributed by atoms with Gasteiger partial charge in [-0.2, -0.15) is 0 Å².